The molecule has 0 aromatic heterocycles. The first-order chi connectivity index (χ1) is 13.3. The molecule has 0 saturated carbocycles. The number of fused-ring (bicyclic) bond motifs is 1. The highest BCUT2D eigenvalue weighted by molar-refractivity contribution is 5.90. The standard InChI is InChI=1S/C24H29N3O/c1-17-13-22-21(18(2)15-24(3,4)27(22)5)14-20(17)16-25-26-23(28)12-11-19-9-7-6-8-10-19/h6-10,13-16H,11-12H2,1-5H3,(H,26,28)/b25-16-. The first kappa shape index (κ1) is 19.9. The Kier molecular flexibility index (Phi) is 5.68. The summed E-state index contributed by atoms with van der Waals surface area (Å²) in [5, 5.41) is 4.18. The molecule has 0 unspecified atom stereocenters. The maximum absolute atomic E-state index is 12.1. The van der Waals surface area contributed by atoms with Crippen LogP contribution >= 0.6 is 0 Å². The molecule has 0 fully saturated rings. The van der Waals surface area contributed by atoms with Crippen LogP contribution in [0, 0.1) is 6.92 Å². The summed E-state index contributed by atoms with van der Waals surface area (Å²) in [4.78, 5) is 14.4. The topological polar surface area (TPSA) is 44.7 Å². The fourth-order valence-corrected chi connectivity index (χ4v) is 3.59. The third-order valence-corrected chi connectivity index (χ3v) is 5.48. The van der Waals surface area contributed by atoms with Crippen molar-refractivity contribution in [3.63, 3.8) is 0 Å². The van der Waals surface area contributed by atoms with Gasteiger partial charge in [0.2, 0.25) is 5.91 Å². The normalized spacial score (nSPS) is 15.3. The smallest absolute Gasteiger partial charge is 0.240 e. The molecule has 28 heavy (non-hydrogen) atoms. The van der Waals surface area contributed by atoms with Crippen LogP contribution in [-0.2, 0) is 11.2 Å². The molecule has 0 saturated heterocycles. The van der Waals surface area contributed by atoms with E-state index in [-0.39, 0.29) is 11.4 Å². The Bertz CT molecular complexity index is 926. The second kappa shape index (κ2) is 8.01. The summed E-state index contributed by atoms with van der Waals surface area (Å²) in [5.74, 6) is -0.0757. The Labute approximate surface area is 168 Å². The van der Waals surface area contributed by atoms with E-state index >= 15 is 0 Å². The largest absolute Gasteiger partial charge is 0.365 e. The molecular formula is C24H29N3O. The molecule has 4 nitrogen and oxygen atoms in total. The van der Waals surface area contributed by atoms with Gasteiger partial charge < -0.3 is 4.90 Å². The number of hydrogen-bond acceptors (Lipinski definition) is 3. The predicted molar refractivity (Wildman–Crippen MR) is 118 cm³/mol. The Hall–Kier alpha value is -2.88. The van der Waals surface area contributed by atoms with Crippen LogP contribution in [0.5, 0.6) is 0 Å². The minimum Gasteiger partial charge on any atom is -0.365 e. The molecule has 1 aliphatic rings. The molecule has 3 rings (SSSR count). The second-order valence-corrected chi connectivity index (χ2v) is 8.04. The maximum atomic E-state index is 12.1. The van der Waals surface area contributed by atoms with Crippen LogP contribution in [0.4, 0.5) is 5.69 Å². The Morgan fingerprint density at radius 1 is 1.18 bits per heavy atom. The molecular weight excluding hydrogens is 346 g/mol. The van der Waals surface area contributed by atoms with E-state index in [0.717, 1.165) is 16.7 Å². The second-order valence-electron chi connectivity index (χ2n) is 8.04. The Morgan fingerprint density at radius 2 is 1.89 bits per heavy atom. The van der Waals surface area contributed by atoms with Crippen LogP contribution in [0.1, 0.15) is 49.4 Å². The van der Waals surface area contributed by atoms with Gasteiger partial charge in [-0.3, -0.25) is 4.79 Å². The number of carbonyl (C=O) groups excluding carboxylic acids is 1. The average Bonchev–Trinajstić information content (AvgIpc) is 2.66. The van der Waals surface area contributed by atoms with E-state index in [1.54, 1.807) is 6.21 Å². The first-order valence-electron chi connectivity index (χ1n) is 9.72. The van der Waals surface area contributed by atoms with Gasteiger partial charge in [-0.05, 0) is 68.5 Å². The van der Waals surface area contributed by atoms with Gasteiger partial charge in [0, 0.05) is 24.7 Å². The van der Waals surface area contributed by atoms with E-state index in [2.05, 4.69) is 68.4 Å². The zero-order valence-corrected chi connectivity index (χ0v) is 17.4. The van der Waals surface area contributed by atoms with Gasteiger partial charge in [-0.2, -0.15) is 5.10 Å². The quantitative estimate of drug-likeness (QED) is 0.608. The number of anilines is 1. The third kappa shape index (κ3) is 4.33. The van der Waals surface area contributed by atoms with E-state index in [9.17, 15) is 4.79 Å². The molecule has 0 radical (unpaired) electrons. The summed E-state index contributed by atoms with van der Waals surface area (Å²) in [7, 11) is 2.13. The van der Waals surface area contributed by atoms with Gasteiger partial charge in [-0.25, -0.2) is 5.43 Å². The minimum atomic E-state index is -0.0757. The van der Waals surface area contributed by atoms with Gasteiger partial charge in [0.1, 0.15) is 0 Å². The van der Waals surface area contributed by atoms with Crippen molar-refractivity contribution in [1.82, 2.24) is 5.43 Å². The monoisotopic (exact) mass is 375 g/mol. The lowest BCUT2D eigenvalue weighted by atomic mass is 9.87. The number of hydrogen-bond donors (Lipinski definition) is 1. The number of rotatable bonds is 5. The van der Waals surface area contributed by atoms with Crippen molar-refractivity contribution in [1.29, 1.82) is 0 Å². The van der Waals surface area contributed by atoms with Gasteiger partial charge in [0.25, 0.3) is 0 Å². The average molecular weight is 376 g/mol. The number of hydrazone groups is 1. The van der Waals surface area contributed by atoms with E-state index in [1.807, 2.05) is 30.3 Å². The van der Waals surface area contributed by atoms with Gasteiger partial charge in [0.15, 0.2) is 0 Å². The van der Waals surface area contributed by atoms with Crippen molar-refractivity contribution < 1.29 is 4.79 Å². The molecule has 0 aliphatic carbocycles. The molecule has 1 aliphatic heterocycles. The number of amides is 1. The van der Waals surface area contributed by atoms with Gasteiger partial charge in [0.05, 0.1) is 11.8 Å². The zero-order chi connectivity index (χ0) is 20.3. The number of likely N-dealkylation sites (N-methyl/N-ethyl adjacent to an activating group) is 1. The minimum absolute atomic E-state index is 0.00808. The summed E-state index contributed by atoms with van der Waals surface area (Å²) < 4.78 is 0. The molecule has 146 valence electrons. The van der Waals surface area contributed by atoms with Crippen molar-refractivity contribution in [3.8, 4) is 0 Å². The summed E-state index contributed by atoms with van der Waals surface area (Å²) in [6.07, 6.45) is 5.17. The van der Waals surface area contributed by atoms with Crippen LogP contribution in [0.2, 0.25) is 0 Å². The van der Waals surface area contributed by atoms with Crippen molar-refractivity contribution in [2.75, 3.05) is 11.9 Å². The first-order valence-corrected chi connectivity index (χ1v) is 9.72. The lowest BCUT2D eigenvalue weighted by molar-refractivity contribution is -0.121. The number of nitrogens with one attached hydrogen (secondary N) is 1. The number of carbonyl (C=O) groups is 1. The lowest BCUT2D eigenvalue weighted by Crippen LogP contribution is -2.42. The van der Waals surface area contributed by atoms with Crippen LogP contribution in [-0.4, -0.2) is 24.7 Å². The Morgan fingerprint density at radius 3 is 2.61 bits per heavy atom. The predicted octanol–water partition coefficient (Wildman–Crippen LogP) is 4.71. The number of nitrogens with zero attached hydrogens (tertiary/aromatic N) is 2. The van der Waals surface area contributed by atoms with Crippen LogP contribution in [0.3, 0.4) is 0 Å². The fourth-order valence-electron chi connectivity index (χ4n) is 3.59. The number of aryl methyl sites for hydroxylation is 2. The van der Waals surface area contributed by atoms with E-state index in [4.69, 9.17) is 0 Å². The molecule has 1 heterocycles. The van der Waals surface area contributed by atoms with Crippen molar-refractivity contribution in [2.24, 2.45) is 5.10 Å². The molecule has 1 N–H and O–H groups in total. The highest BCUT2D eigenvalue weighted by Crippen LogP contribution is 2.38. The zero-order valence-electron chi connectivity index (χ0n) is 17.4. The van der Waals surface area contributed by atoms with Crippen molar-refractivity contribution in [3.05, 3.63) is 70.8 Å². The lowest BCUT2D eigenvalue weighted by Gasteiger charge is -2.41. The molecule has 2 aromatic rings. The molecule has 0 bridgehead atoms. The van der Waals surface area contributed by atoms with E-state index in [0.29, 0.717) is 12.8 Å². The number of benzene rings is 2. The highest BCUT2D eigenvalue weighted by Gasteiger charge is 2.28. The third-order valence-electron chi connectivity index (χ3n) is 5.48. The Balaban J connectivity index is 1.68. The molecule has 4 heteroatoms. The van der Waals surface area contributed by atoms with Crippen LogP contribution in [0.15, 0.2) is 53.6 Å². The van der Waals surface area contributed by atoms with Gasteiger partial charge in [-0.1, -0.05) is 36.4 Å². The van der Waals surface area contributed by atoms with Crippen molar-refractivity contribution in [2.45, 2.75) is 46.1 Å². The summed E-state index contributed by atoms with van der Waals surface area (Å²) in [6.45, 7) is 8.66. The number of allylic oxidation sites excluding steroid dienone is 1. The molecule has 2 aromatic carbocycles. The van der Waals surface area contributed by atoms with Gasteiger partial charge >= 0.3 is 0 Å². The van der Waals surface area contributed by atoms with E-state index in [1.165, 1.54) is 16.8 Å². The van der Waals surface area contributed by atoms with Crippen LogP contribution < -0.4 is 10.3 Å². The SMILES string of the molecule is CC1=CC(C)(C)N(C)c2cc(C)c(/C=N\NC(=O)CCc3ccccc3)cc21. The molecule has 0 spiro atoms. The molecule has 0 atom stereocenters. The maximum Gasteiger partial charge on any atom is 0.240 e. The highest BCUT2D eigenvalue weighted by atomic mass is 16.2. The van der Waals surface area contributed by atoms with Crippen LogP contribution in [0.25, 0.3) is 5.57 Å². The summed E-state index contributed by atoms with van der Waals surface area (Å²) in [5.41, 5.74) is 9.65. The summed E-state index contributed by atoms with van der Waals surface area (Å²) in [6, 6.07) is 14.4. The summed E-state index contributed by atoms with van der Waals surface area (Å²) >= 11 is 0. The molecule has 1 amide bonds. The van der Waals surface area contributed by atoms with E-state index < -0.39 is 0 Å². The fraction of sp³-hybridized carbons (Fsp3) is 0.333. The van der Waals surface area contributed by atoms with Crippen molar-refractivity contribution >= 4 is 23.4 Å². The van der Waals surface area contributed by atoms with Gasteiger partial charge in [-0.15, -0.1) is 0 Å².